The summed E-state index contributed by atoms with van der Waals surface area (Å²) in [5.41, 5.74) is 0.362. The monoisotopic (exact) mass is 368 g/mol. The molecule has 0 aromatic heterocycles. The molecule has 1 saturated heterocycles. The molecule has 0 spiro atoms. The van der Waals surface area contributed by atoms with Crippen molar-refractivity contribution < 1.29 is 23.1 Å². The average molecular weight is 368 g/mol. The number of carboxylic acid groups (broad SMARTS) is 1. The van der Waals surface area contributed by atoms with Gasteiger partial charge in [0, 0.05) is 19.2 Å². The number of ether oxygens (including phenoxy) is 1. The lowest BCUT2D eigenvalue weighted by atomic mass is 10.2. The number of nitrogens with one attached hydrogen (secondary N) is 2. The van der Waals surface area contributed by atoms with Gasteiger partial charge < -0.3 is 15.2 Å². The Hall–Kier alpha value is -1.64. The maximum atomic E-state index is 12.8. The first-order chi connectivity index (χ1) is 12.0. The summed E-state index contributed by atoms with van der Waals surface area (Å²) in [6, 6.07) is 4.07. The number of rotatable bonds is 7. The molecule has 0 radical (unpaired) electrons. The molecule has 1 saturated carbocycles. The van der Waals surface area contributed by atoms with E-state index in [1.54, 1.807) is 0 Å². The Morgan fingerprint density at radius 1 is 1.20 bits per heavy atom. The van der Waals surface area contributed by atoms with Crippen LogP contribution in [-0.2, 0) is 14.8 Å². The van der Waals surface area contributed by atoms with Gasteiger partial charge in [-0.05, 0) is 43.9 Å². The number of benzene rings is 1. The molecule has 1 atom stereocenters. The standard InChI is InChI=1S/C17H24N2O5S/c20-17(21)12-7-8-15(18-11-14-6-3-9-24-14)16(10-12)25(22,23)19-13-4-1-2-5-13/h7-8,10,13-14,18-19H,1-6,9,11H2,(H,20,21)/t14-/m1/s1. The molecule has 138 valence electrons. The van der Waals surface area contributed by atoms with Crippen LogP contribution >= 0.6 is 0 Å². The highest BCUT2D eigenvalue weighted by Gasteiger charge is 2.26. The molecule has 2 aliphatic rings. The van der Waals surface area contributed by atoms with E-state index in [1.165, 1.54) is 18.2 Å². The third-order valence-corrected chi connectivity index (χ3v) is 6.30. The SMILES string of the molecule is O=C(O)c1ccc(NC[C@H]2CCCO2)c(S(=O)(=O)NC2CCCC2)c1. The number of anilines is 1. The predicted molar refractivity (Wildman–Crippen MR) is 93.4 cm³/mol. The number of carboxylic acids is 1. The van der Waals surface area contributed by atoms with Gasteiger partial charge in [0.1, 0.15) is 4.90 Å². The van der Waals surface area contributed by atoms with Crippen LogP contribution in [0.2, 0.25) is 0 Å². The fourth-order valence-electron chi connectivity index (χ4n) is 3.38. The molecular formula is C17H24N2O5S. The summed E-state index contributed by atoms with van der Waals surface area (Å²) in [6.45, 7) is 1.22. The summed E-state index contributed by atoms with van der Waals surface area (Å²) in [6.07, 6.45) is 5.63. The minimum absolute atomic E-state index is 0.0164. The van der Waals surface area contributed by atoms with Gasteiger partial charge in [-0.15, -0.1) is 0 Å². The van der Waals surface area contributed by atoms with E-state index in [-0.39, 0.29) is 22.6 Å². The van der Waals surface area contributed by atoms with Crippen LogP contribution in [0.5, 0.6) is 0 Å². The molecule has 2 fully saturated rings. The molecule has 0 bridgehead atoms. The lowest BCUT2D eigenvalue weighted by Gasteiger charge is -2.18. The van der Waals surface area contributed by atoms with Gasteiger partial charge in [-0.2, -0.15) is 0 Å². The maximum absolute atomic E-state index is 12.8. The van der Waals surface area contributed by atoms with E-state index in [9.17, 15) is 18.3 Å². The maximum Gasteiger partial charge on any atom is 0.335 e. The first kappa shape index (κ1) is 18.2. The Balaban J connectivity index is 1.84. The number of sulfonamides is 1. The number of carbonyl (C=O) groups is 1. The van der Waals surface area contributed by atoms with Gasteiger partial charge >= 0.3 is 5.97 Å². The van der Waals surface area contributed by atoms with Gasteiger partial charge in [0.2, 0.25) is 10.0 Å². The zero-order chi connectivity index (χ0) is 17.9. The van der Waals surface area contributed by atoms with Gasteiger partial charge in [-0.25, -0.2) is 17.9 Å². The Morgan fingerprint density at radius 2 is 1.96 bits per heavy atom. The van der Waals surface area contributed by atoms with Crippen molar-refractivity contribution in [3.63, 3.8) is 0 Å². The molecule has 1 aromatic rings. The molecule has 3 rings (SSSR count). The quantitative estimate of drug-likeness (QED) is 0.681. The van der Waals surface area contributed by atoms with Gasteiger partial charge in [-0.3, -0.25) is 0 Å². The second kappa shape index (κ2) is 7.72. The van der Waals surface area contributed by atoms with Crippen LogP contribution in [0, 0.1) is 0 Å². The van der Waals surface area contributed by atoms with E-state index in [1.807, 2.05) is 0 Å². The van der Waals surface area contributed by atoms with Crippen LogP contribution in [0.4, 0.5) is 5.69 Å². The van der Waals surface area contributed by atoms with Crippen LogP contribution in [0.25, 0.3) is 0 Å². The number of hydrogen-bond donors (Lipinski definition) is 3. The molecule has 0 unspecified atom stereocenters. The third kappa shape index (κ3) is 4.50. The Kier molecular flexibility index (Phi) is 5.61. The fourth-order valence-corrected chi connectivity index (χ4v) is 4.89. The van der Waals surface area contributed by atoms with Crippen molar-refractivity contribution in [1.29, 1.82) is 0 Å². The van der Waals surface area contributed by atoms with E-state index in [2.05, 4.69) is 10.0 Å². The third-order valence-electron chi connectivity index (χ3n) is 4.74. The molecular weight excluding hydrogens is 344 g/mol. The fraction of sp³-hybridized carbons (Fsp3) is 0.588. The summed E-state index contributed by atoms with van der Waals surface area (Å²) in [5.74, 6) is -1.15. The predicted octanol–water partition coefficient (Wildman–Crippen LogP) is 2.20. The van der Waals surface area contributed by atoms with Crippen LogP contribution in [0.15, 0.2) is 23.1 Å². The molecule has 0 amide bonds. The number of aromatic carboxylic acids is 1. The molecule has 3 N–H and O–H groups in total. The van der Waals surface area contributed by atoms with Crippen molar-refractivity contribution >= 4 is 21.7 Å². The number of hydrogen-bond acceptors (Lipinski definition) is 5. The Morgan fingerprint density at radius 3 is 2.60 bits per heavy atom. The first-order valence-corrected chi connectivity index (χ1v) is 10.2. The Bertz CT molecular complexity index is 723. The molecule has 1 aliphatic carbocycles. The zero-order valence-corrected chi connectivity index (χ0v) is 14.8. The molecule has 7 nitrogen and oxygen atoms in total. The van der Waals surface area contributed by atoms with E-state index in [4.69, 9.17) is 4.74 Å². The van der Waals surface area contributed by atoms with Crippen molar-refractivity contribution in [2.75, 3.05) is 18.5 Å². The lowest BCUT2D eigenvalue weighted by Crippen LogP contribution is -2.33. The van der Waals surface area contributed by atoms with Crippen molar-refractivity contribution in [2.24, 2.45) is 0 Å². The second-order valence-corrected chi connectivity index (χ2v) is 8.32. The van der Waals surface area contributed by atoms with E-state index in [0.29, 0.717) is 12.2 Å². The molecule has 1 aromatic carbocycles. The smallest absolute Gasteiger partial charge is 0.335 e. The van der Waals surface area contributed by atoms with Crippen LogP contribution < -0.4 is 10.0 Å². The lowest BCUT2D eigenvalue weighted by molar-refractivity contribution is 0.0696. The minimum Gasteiger partial charge on any atom is -0.478 e. The minimum atomic E-state index is -3.79. The summed E-state index contributed by atoms with van der Waals surface area (Å²) in [7, 11) is -3.79. The Labute approximate surface area is 147 Å². The largest absolute Gasteiger partial charge is 0.478 e. The van der Waals surface area contributed by atoms with E-state index < -0.39 is 16.0 Å². The first-order valence-electron chi connectivity index (χ1n) is 8.71. The molecule has 8 heteroatoms. The van der Waals surface area contributed by atoms with Gasteiger partial charge in [-0.1, -0.05) is 12.8 Å². The average Bonchev–Trinajstić information content (AvgIpc) is 3.26. The summed E-state index contributed by atoms with van der Waals surface area (Å²) in [5, 5.41) is 12.3. The molecule has 1 heterocycles. The highest BCUT2D eigenvalue weighted by Crippen LogP contribution is 2.26. The highest BCUT2D eigenvalue weighted by atomic mass is 32.2. The summed E-state index contributed by atoms with van der Waals surface area (Å²) in [4.78, 5) is 11.2. The topological polar surface area (TPSA) is 105 Å². The van der Waals surface area contributed by atoms with Gasteiger partial charge in [0.25, 0.3) is 0 Å². The van der Waals surface area contributed by atoms with Crippen LogP contribution in [-0.4, -0.2) is 44.8 Å². The van der Waals surface area contributed by atoms with E-state index in [0.717, 1.165) is 45.1 Å². The molecule has 1 aliphatic heterocycles. The zero-order valence-electron chi connectivity index (χ0n) is 14.0. The van der Waals surface area contributed by atoms with Crippen LogP contribution in [0.1, 0.15) is 48.9 Å². The van der Waals surface area contributed by atoms with Crippen LogP contribution in [0.3, 0.4) is 0 Å². The van der Waals surface area contributed by atoms with Crippen molar-refractivity contribution in [3.05, 3.63) is 23.8 Å². The van der Waals surface area contributed by atoms with Crippen molar-refractivity contribution in [3.8, 4) is 0 Å². The van der Waals surface area contributed by atoms with Gasteiger partial charge in [0.15, 0.2) is 0 Å². The highest BCUT2D eigenvalue weighted by molar-refractivity contribution is 7.89. The second-order valence-electron chi connectivity index (χ2n) is 6.63. The van der Waals surface area contributed by atoms with Crippen molar-refractivity contribution in [2.45, 2.75) is 55.6 Å². The summed E-state index contributed by atoms with van der Waals surface area (Å²) >= 11 is 0. The van der Waals surface area contributed by atoms with Gasteiger partial charge in [0.05, 0.1) is 17.4 Å². The normalized spacial score (nSPS) is 21.5. The van der Waals surface area contributed by atoms with Crippen molar-refractivity contribution in [1.82, 2.24) is 4.72 Å². The molecule has 25 heavy (non-hydrogen) atoms. The van der Waals surface area contributed by atoms with E-state index >= 15 is 0 Å². The summed E-state index contributed by atoms with van der Waals surface area (Å²) < 4.78 is 33.9.